The standard InChI is InChI=1S/C19H20N2O4/c1-3-24-17-9-8-13(10-18(17)23-2)12-20-19(22)11-15-14-6-4-5-7-16(14)25-21-15/h4-10H,3,11-12H2,1-2H3,(H,20,22). The molecule has 0 aliphatic carbocycles. The van der Waals surface area contributed by atoms with E-state index in [1.807, 2.05) is 49.4 Å². The zero-order chi connectivity index (χ0) is 17.6. The first-order valence-corrected chi connectivity index (χ1v) is 8.11. The number of amides is 1. The highest BCUT2D eigenvalue weighted by molar-refractivity contribution is 5.86. The molecule has 6 heteroatoms. The van der Waals surface area contributed by atoms with Gasteiger partial charge in [0, 0.05) is 11.9 Å². The highest BCUT2D eigenvalue weighted by atomic mass is 16.5. The van der Waals surface area contributed by atoms with Gasteiger partial charge in [-0.05, 0) is 36.8 Å². The van der Waals surface area contributed by atoms with Crippen LogP contribution >= 0.6 is 0 Å². The number of rotatable bonds is 7. The van der Waals surface area contributed by atoms with Gasteiger partial charge in [0.2, 0.25) is 5.91 Å². The van der Waals surface area contributed by atoms with Crippen LogP contribution in [0, 0.1) is 0 Å². The van der Waals surface area contributed by atoms with Crippen LogP contribution in [0.4, 0.5) is 0 Å². The zero-order valence-corrected chi connectivity index (χ0v) is 14.2. The van der Waals surface area contributed by atoms with E-state index in [0.717, 1.165) is 10.9 Å². The molecule has 1 amide bonds. The van der Waals surface area contributed by atoms with Gasteiger partial charge < -0.3 is 19.3 Å². The fourth-order valence-corrected chi connectivity index (χ4v) is 2.58. The molecule has 6 nitrogen and oxygen atoms in total. The number of nitrogens with one attached hydrogen (secondary N) is 1. The molecule has 2 aromatic carbocycles. The third kappa shape index (κ3) is 3.91. The molecule has 0 unspecified atom stereocenters. The van der Waals surface area contributed by atoms with Gasteiger partial charge in [-0.25, -0.2) is 0 Å². The number of nitrogens with zero attached hydrogens (tertiary/aromatic N) is 1. The molecule has 0 spiro atoms. The van der Waals surface area contributed by atoms with Crippen molar-refractivity contribution in [3.8, 4) is 11.5 Å². The highest BCUT2D eigenvalue weighted by Crippen LogP contribution is 2.28. The van der Waals surface area contributed by atoms with Crippen LogP contribution in [-0.2, 0) is 17.8 Å². The minimum Gasteiger partial charge on any atom is -0.493 e. The second-order valence-electron chi connectivity index (χ2n) is 5.50. The maximum Gasteiger partial charge on any atom is 0.226 e. The summed E-state index contributed by atoms with van der Waals surface area (Å²) in [5.41, 5.74) is 2.25. The number of hydrogen-bond donors (Lipinski definition) is 1. The van der Waals surface area contributed by atoms with E-state index in [4.69, 9.17) is 14.0 Å². The van der Waals surface area contributed by atoms with Crippen molar-refractivity contribution in [1.29, 1.82) is 0 Å². The lowest BCUT2D eigenvalue weighted by atomic mass is 10.1. The molecule has 25 heavy (non-hydrogen) atoms. The van der Waals surface area contributed by atoms with E-state index < -0.39 is 0 Å². The molecule has 0 atom stereocenters. The van der Waals surface area contributed by atoms with E-state index in [1.54, 1.807) is 7.11 Å². The molecule has 3 aromatic rings. The minimum atomic E-state index is -0.119. The summed E-state index contributed by atoms with van der Waals surface area (Å²) in [5, 5.41) is 7.73. The molecule has 130 valence electrons. The summed E-state index contributed by atoms with van der Waals surface area (Å²) in [7, 11) is 1.59. The predicted octanol–water partition coefficient (Wildman–Crippen LogP) is 3.09. The summed E-state index contributed by atoms with van der Waals surface area (Å²) in [5.74, 6) is 1.22. The van der Waals surface area contributed by atoms with Gasteiger partial charge in [-0.1, -0.05) is 23.4 Å². The Morgan fingerprint density at radius 1 is 1.20 bits per heavy atom. The first-order valence-electron chi connectivity index (χ1n) is 8.11. The molecule has 0 fully saturated rings. The van der Waals surface area contributed by atoms with Crippen molar-refractivity contribution in [3.63, 3.8) is 0 Å². The predicted molar refractivity (Wildman–Crippen MR) is 93.7 cm³/mol. The fraction of sp³-hybridized carbons (Fsp3) is 0.263. The lowest BCUT2D eigenvalue weighted by Crippen LogP contribution is -2.24. The van der Waals surface area contributed by atoms with Gasteiger partial charge in [0.25, 0.3) is 0 Å². The molecular formula is C19H20N2O4. The van der Waals surface area contributed by atoms with Crippen molar-refractivity contribution >= 4 is 16.9 Å². The summed E-state index contributed by atoms with van der Waals surface area (Å²) >= 11 is 0. The molecular weight excluding hydrogens is 320 g/mol. The third-order valence-electron chi connectivity index (χ3n) is 3.80. The largest absolute Gasteiger partial charge is 0.493 e. The van der Waals surface area contributed by atoms with Crippen LogP contribution in [0.1, 0.15) is 18.2 Å². The molecule has 0 aliphatic heterocycles. The zero-order valence-electron chi connectivity index (χ0n) is 14.2. The van der Waals surface area contributed by atoms with Crippen molar-refractivity contribution < 1.29 is 18.8 Å². The summed E-state index contributed by atoms with van der Waals surface area (Å²) in [4.78, 5) is 12.2. The van der Waals surface area contributed by atoms with Crippen LogP contribution in [0.5, 0.6) is 11.5 Å². The molecule has 1 aromatic heterocycles. The van der Waals surface area contributed by atoms with Crippen LogP contribution in [-0.4, -0.2) is 24.8 Å². The monoisotopic (exact) mass is 340 g/mol. The Hall–Kier alpha value is -3.02. The lowest BCUT2D eigenvalue weighted by Gasteiger charge is -2.11. The van der Waals surface area contributed by atoms with Crippen LogP contribution in [0.2, 0.25) is 0 Å². The number of fused-ring (bicyclic) bond motifs is 1. The van der Waals surface area contributed by atoms with E-state index >= 15 is 0 Å². The van der Waals surface area contributed by atoms with Crippen LogP contribution in [0.25, 0.3) is 11.0 Å². The summed E-state index contributed by atoms with van der Waals surface area (Å²) in [6.45, 7) is 2.89. The van der Waals surface area contributed by atoms with Gasteiger partial charge in [0.15, 0.2) is 17.1 Å². The Bertz CT molecular complexity index is 873. The van der Waals surface area contributed by atoms with Crippen molar-refractivity contribution in [3.05, 3.63) is 53.7 Å². The van der Waals surface area contributed by atoms with Crippen molar-refractivity contribution in [2.24, 2.45) is 0 Å². The normalized spacial score (nSPS) is 10.6. The molecule has 0 saturated carbocycles. The number of carbonyl (C=O) groups excluding carboxylic acids is 1. The Labute approximate surface area is 145 Å². The Balaban J connectivity index is 1.62. The number of hydrogen-bond acceptors (Lipinski definition) is 5. The second kappa shape index (κ2) is 7.70. The number of ether oxygens (including phenoxy) is 2. The van der Waals surface area contributed by atoms with E-state index in [-0.39, 0.29) is 12.3 Å². The molecule has 1 N–H and O–H groups in total. The van der Waals surface area contributed by atoms with Gasteiger partial charge in [-0.2, -0.15) is 0 Å². The summed E-state index contributed by atoms with van der Waals surface area (Å²) in [6.07, 6.45) is 0.172. The second-order valence-corrected chi connectivity index (χ2v) is 5.50. The quantitative estimate of drug-likeness (QED) is 0.715. The Morgan fingerprint density at radius 3 is 2.84 bits per heavy atom. The first-order chi connectivity index (χ1) is 12.2. The van der Waals surface area contributed by atoms with E-state index in [0.29, 0.717) is 35.9 Å². The van der Waals surface area contributed by atoms with Gasteiger partial charge in [-0.15, -0.1) is 0 Å². The average Bonchev–Trinajstić information content (AvgIpc) is 3.04. The molecule has 0 aliphatic rings. The number of benzene rings is 2. The molecule has 3 rings (SSSR count). The number of methoxy groups -OCH3 is 1. The van der Waals surface area contributed by atoms with E-state index in [1.165, 1.54) is 0 Å². The Kier molecular flexibility index (Phi) is 5.18. The summed E-state index contributed by atoms with van der Waals surface area (Å²) < 4.78 is 16.0. The van der Waals surface area contributed by atoms with E-state index in [9.17, 15) is 4.79 Å². The van der Waals surface area contributed by atoms with Crippen LogP contribution in [0.15, 0.2) is 47.0 Å². The number of para-hydroxylation sites is 1. The fourth-order valence-electron chi connectivity index (χ4n) is 2.58. The average molecular weight is 340 g/mol. The third-order valence-corrected chi connectivity index (χ3v) is 3.80. The molecule has 0 bridgehead atoms. The maximum atomic E-state index is 12.2. The molecule has 1 heterocycles. The molecule has 0 radical (unpaired) electrons. The van der Waals surface area contributed by atoms with Crippen LogP contribution in [0.3, 0.4) is 0 Å². The van der Waals surface area contributed by atoms with Gasteiger partial charge in [0.1, 0.15) is 5.69 Å². The van der Waals surface area contributed by atoms with Gasteiger partial charge in [-0.3, -0.25) is 4.79 Å². The summed E-state index contributed by atoms with van der Waals surface area (Å²) in [6, 6.07) is 13.1. The van der Waals surface area contributed by atoms with Crippen molar-refractivity contribution in [2.45, 2.75) is 19.9 Å². The van der Waals surface area contributed by atoms with Gasteiger partial charge in [0.05, 0.1) is 20.1 Å². The topological polar surface area (TPSA) is 73.6 Å². The molecule has 0 saturated heterocycles. The minimum absolute atomic E-state index is 0.119. The number of aromatic nitrogens is 1. The van der Waals surface area contributed by atoms with Crippen molar-refractivity contribution in [1.82, 2.24) is 10.5 Å². The Morgan fingerprint density at radius 2 is 2.04 bits per heavy atom. The smallest absolute Gasteiger partial charge is 0.226 e. The highest BCUT2D eigenvalue weighted by Gasteiger charge is 2.12. The van der Waals surface area contributed by atoms with Crippen LogP contribution < -0.4 is 14.8 Å². The first kappa shape index (κ1) is 16.8. The van der Waals surface area contributed by atoms with Gasteiger partial charge >= 0.3 is 0 Å². The SMILES string of the molecule is CCOc1ccc(CNC(=O)Cc2noc3ccccc23)cc1OC. The number of carbonyl (C=O) groups is 1. The maximum absolute atomic E-state index is 12.2. The lowest BCUT2D eigenvalue weighted by molar-refractivity contribution is -0.120. The van der Waals surface area contributed by atoms with Crippen molar-refractivity contribution in [2.75, 3.05) is 13.7 Å². The van der Waals surface area contributed by atoms with E-state index in [2.05, 4.69) is 10.5 Å².